The first-order valence-electron chi connectivity index (χ1n) is 6.21. The summed E-state index contributed by atoms with van der Waals surface area (Å²) in [4.78, 5) is 18.9. The van der Waals surface area contributed by atoms with Crippen LogP contribution in [0.5, 0.6) is 0 Å². The Kier molecular flexibility index (Phi) is 5.52. The summed E-state index contributed by atoms with van der Waals surface area (Å²) in [6.45, 7) is 1.61. The van der Waals surface area contributed by atoms with Gasteiger partial charge in [0, 0.05) is 17.6 Å². The molecule has 20 heavy (non-hydrogen) atoms. The van der Waals surface area contributed by atoms with Gasteiger partial charge in [0.05, 0.1) is 13.1 Å². The average molecular weight is 310 g/mol. The molecule has 0 saturated carbocycles. The van der Waals surface area contributed by atoms with Crippen LogP contribution in [-0.4, -0.2) is 29.4 Å². The van der Waals surface area contributed by atoms with Crippen molar-refractivity contribution in [2.75, 3.05) is 13.6 Å². The van der Waals surface area contributed by atoms with E-state index in [9.17, 15) is 4.79 Å². The zero-order valence-corrected chi connectivity index (χ0v) is 12.7. The van der Waals surface area contributed by atoms with Gasteiger partial charge >= 0.3 is 0 Å². The lowest BCUT2D eigenvalue weighted by Crippen LogP contribution is -2.34. The van der Waals surface area contributed by atoms with Crippen LogP contribution < -0.4 is 5.32 Å². The molecule has 2 aromatic heterocycles. The number of carbonyl (C=O) groups is 1. The van der Waals surface area contributed by atoms with Gasteiger partial charge < -0.3 is 5.32 Å². The number of hydrogen-bond acceptors (Lipinski definition) is 4. The van der Waals surface area contributed by atoms with Gasteiger partial charge in [-0.25, -0.2) is 4.98 Å². The van der Waals surface area contributed by atoms with Crippen molar-refractivity contribution in [3.05, 3.63) is 51.4 Å². The topological polar surface area (TPSA) is 45.2 Å². The van der Waals surface area contributed by atoms with Crippen LogP contribution in [0, 0.1) is 0 Å². The second-order valence-corrected chi connectivity index (χ2v) is 5.94. The van der Waals surface area contributed by atoms with E-state index in [4.69, 9.17) is 11.6 Å². The van der Waals surface area contributed by atoms with Crippen molar-refractivity contribution in [1.82, 2.24) is 15.2 Å². The van der Waals surface area contributed by atoms with Crippen molar-refractivity contribution >= 4 is 28.8 Å². The van der Waals surface area contributed by atoms with Gasteiger partial charge in [-0.05, 0) is 30.1 Å². The molecule has 6 heteroatoms. The maximum Gasteiger partial charge on any atom is 0.234 e. The standard InChI is InChI=1S/C14H16ClN3OS/c1-18(9-11-4-5-13(15)16-7-11)10-14(19)17-8-12-3-2-6-20-12/h2-7H,8-10H2,1H3,(H,17,19). The molecule has 4 nitrogen and oxygen atoms in total. The van der Waals surface area contributed by atoms with Crippen molar-refractivity contribution in [2.45, 2.75) is 13.1 Å². The molecule has 0 fully saturated rings. The van der Waals surface area contributed by atoms with E-state index in [0.29, 0.717) is 24.8 Å². The number of halogens is 1. The summed E-state index contributed by atoms with van der Waals surface area (Å²) in [5.74, 6) is 0.0165. The van der Waals surface area contributed by atoms with Crippen molar-refractivity contribution < 1.29 is 4.79 Å². The van der Waals surface area contributed by atoms with Crippen LogP contribution in [0.3, 0.4) is 0 Å². The minimum Gasteiger partial charge on any atom is -0.350 e. The first-order chi connectivity index (χ1) is 9.63. The number of amides is 1. The number of pyridine rings is 1. The highest BCUT2D eigenvalue weighted by atomic mass is 35.5. The predicted molar refractivity (Wildman–Crippen MR) is 81.7 cm³/mol. The zero-order valence-electron chi connectivity index (χ0n) is 11.2. The highest BCUT2D eigenvalue weighted by Crippen LogP contribution is 2.08. The minimum absolute atomic E-state index is 0.0165. The summed E-state index contributed by atoms with van der Waals surface area (Å²) in [7, 11) is 1.90. The maximum absolute atomic E-state index is 11.8. The summed E-state index contributed by atoms with van der Waals surface area (Å²) in [6, 6.07) is 7.65. The normalized spacial score (nSPS) is 10.8. The fourth-order valence-electron chi connectivity index (χ4n) is 1.77. The van der Waals surface area contributed by atoms with E-state index in [0.717, 1.165) is 10.4 Å². The summed E-state index contributed by atoms with van der Waals surface area (Å²) in [6.07, 6.45) is 1.72. The molecule has 0 aromatic carbocycles. The molecule has 0 spiro atoms. The molecule has 2 aromatic rings. The fraction of sp³-hybridized carbons (Fsp3) is 0.286. The van der Waals surface area contributed by atoms with E-state index in [2.05, 4.69) is 10.3 Å². The number of carbonyl (C=O) groups excluding carboxylic acids is 1. The van der Waals surface area contributed by atoms with Crippen LogP contribution in [0.15, 0.2) is 35.8 Å². The molecule has 0 radical (unpaired) electrons. The molecule has 106 valence electrons. The summed E-state index contributed by atoms with van der Waals surface area (Å²) < 4.78 is 0. The molecule has 0 unspecified atom stereocenters. The Morgan fingerprint density at radius 3 is 2.95 bits per heavy atom. The molecule has 0 bridgehead atoms. The van der Waals surface area contributed by atoms with Crippen molar-refractivity contribution in [1.29, 1.82) is 0 Å². The number of nitrogens with zero attached hydrogens (tertiary/aromatic N) is 2. The van der Waals surface area contributed by atoms with Crippen LogP contribution in [0.25, 0.3) is 0 Å². The second-order valence-electron chi connectivity index (χ2n) is 4.52. The van der Waals surface area contributed by atoms with Crippen LogP contribution in [0.1, 0.15) is 10.4 Å². The summed E-state index contributed by atoms with van der Waals surface area (Å²) >= 11 is 7.37. The number of rotatable bonds is 6. The van der Waals surface area contributed by atoms with Crippen molar-refractivity contribution in [3.63, 3.8) is 0 Å². The molecule has 0 aliphatic heterocycles. The van der Waals surface area contributed by atoms with E-state index in [1.807, 2.05) is 35.5 Å². The smallest absolute Gasteiger partial charge is 0.234 e. The first kappa shape index (κ1) is 15.0. The monoisotopic (exact) mass is 309 g/mol. The highest BCUT2D eigenvalue weighted by molar-refractivity contribution is 7.09. The maximum atomic E-state index is 11.8. The molecule has 0 aliphatic carbocycles. The van der Waals surface area contributed by atoms with Gasteiger partial charge in [-0.2, -0.15) is 0 Å². The van der Waals surface area contributed by atoms with Crippen LogP contribution in [0.2, 0.25) is 5.15 Å². The number of aromatic nitrogens is 1. The molecule has 0 aliphatic rings. The number of nitrogens with one attached hydrogen (secondary N) is 1. The van der Waals surface area contributed by atoms with E-state index >= 15 is 0 Å². The second kappa shape index (κ2) is 7.38. The van der Waals surface area contributed by atoms with Gasteiger partial charge in [-0.3, -0.25) is 9.69 Å². The van der Waals surface area contributed by atoms with Crippen molar-refractivity contribution in [3.8, 4) is 0 Å². The van der Waals surface area contributed by atoms with Gasteiger partial charge in [0.1, 0.15) is 5.15 Å². The molecule has 0 saturated heterocycles. The molecular weight excluding hydrogens is 294 g/mol. The highest BCUT2D eigenvalue weighted by Gasteiger charge is 2.07. The predicted octanol–water partition coefficient (Wildman–Crippen LogP) is 2.54. The third kappa shape index (κ3) is 4.92. The number of thiophene rings is 1. The number of hydrogen-bond donors (Lipinski definition) is 1. The Morgan fingerprint density at radius 1 is 1.45 bits per heavy atom. The van der Waals surface area contributed by atoms with Gasteiger partial charge in [0.15, 0.2) is 0 Å². The van der Waals surface area contributed by atoms with Gasteiger partial charge in [-0.1, -0.05) is 23.7 Å². The molecule has 0 atom stereocenters. The molecule has 2 heterocycles. The quantitative estimate of drug-likeness (QED) is 0.834. The molecule has 1 amide bonds. The van der Waals surface area contributed by atoms with E-state index < -0.39 is 0 Å². The van der Waals surface area contributed by atoms with Gasteiger partial charge in [0.25, 0.3) is 0 Å². The van der Waals surface area contributed by atoms with Crippen LogP contribution >= 0.6 is 22.9 Å². The zero-order chi connectivity index (χ0) is 14.4. The molecule has 1 N–H and O–H groups in total. The fourth-order valence-corrected chi connectivity index (χ4v) is 2.52. The SMILES string of the molecule is CN(CC(=O)NCc1cccs1)Cc1ccc(Cl)nc1. The molecule has 2 rings (SSSR count). The Morgan fingerprint density at radius 2 is 2.30 bits per heavy atom. The average Bonchev–Trinajstić information content (AvgIpc) is 2.92. The van der Waals surface area contributed by atoms with E-state index in [-0.39, 0.29) is 5.91 Å². The Bertz CT molecular complexity index is 542. The Hall–Kier alpha value is -1.43. The Balaban J connectivity index is 1.74. The summed E-state index contributed by atoms with van der Waals surface area (Å²) in [5.41, 5.74) is 1.03. The van der Waals surface area contributed by atoms with Gasteiger partial charge in [0.2, 0.25) is 5.91 Å². The Labute approximate surface area is 127 Å². The van der Waals surface area contributed by atoms with Crippen molar-refractivity contribution in [2.24, 2.45) is 0 Å². The van der Waals surface area contributed by atoms with Crippen LogP contribution in [-0.2, 0) is 17.9 Å². The third-order valence-corrected chi connectivity index (χ3v) is 3.79. The minimum atomic E-state index is 0.0165. The third-order valence-electron chi connectivity index (χ3n) is 2.69. The van der Waals surface area contributed by atoms with Crippen LogP contribution in [0.4, 0.5) is 0 Å². The first-order valence-corrected chi connectivity index (χ1v) is 7.47. The molecular formula is C14H16ClN3OS. The summed E-state index contributed by atoms with van der Waals surface area (Å²) in [5, 5.41) is 5.38. The number of likely N-dealkylation sites (N-methyl/N-ethyl adjacent to an activating group) is 1. The lowest BCUT2D eigenvalue weighted by Gasteiger charge is -2.16. The van der Waals surface area contributed by atoms with E-state index in [1.54, 1.807) is 23.6 Å². The largest absolute Gasteiger partial charge is 0.350 e. The van der Waals surface area contributed by atoms with Gasteiger partial charge in [-0.15, -0.1) is 11.3 Å². The lowest BCUT2D eigenvalue weighted by molar-refractivity contribution is -0.122. The lowest BCUT2D eigenvalue weighted by atomic mass is 10.2. The van der Waals surface area contributed by atoms with E-state index in [1.165, 1.54) is 0 Å².